The Morgan fingerprint density at radius 1 is 1.41 bits per heavy atom. The van der Waals surface area contributed by atoms with E-state index in [9.17, 15) is 4.79 Å². The molecular weight excluding hydrogens is 232 g/mol. The minimum Gasteiger partial charge on any atom is -0.469 e. The van der Waals surface area contributed by atoms with Crippen LogP contribution in [-0.4, -0.2) is 18.8 Å². The van der Waals surface area contributed by atoms with Crippen LogP contribution in [0.15, 0.2) is 23.1 Å². The number of rotatable bonds is 5. The van der Waals surface area contributed by atoms with Gasteiger partial charge in [0.05, 0.1) is 13.5 Å². The molecular formula is C14H20O2S. The molecule has 0 aromatic heterocycles. The lowest BCUT2D eigenvalue weighted by Gasteiger charge is -2.10. The highest BCUT2D eigenvalue weighted by atomic mass is 32.2. The molecule has 2 nitrogen and oxygen atoms in total. The Labute approximate surface area is 108 Å². The summed E-state index contributed by atoms with van der Waals surface area (Å²) in [6.45, 7) is 6.43. The summed E-state index contributed by atoms with van der Waals surface area (Å²) in [5, 5.41) is 0. The average molecular weight is 252 g/mol. The van der Waals surface area contributed by atoms with Crippen molar-refractivity contribution in [3.8, 4) is 0 Å². The highest BCUT2D eigenvalue weighted by Crippen LogP contribution is 2.26. The van der Waals surface area contributed by atoms with Crippen molar-refractivity contribution in [1.82, 2.24) is 0 Å². The maximum Gasteiger partial charge on any atom is 0.310 e. The number of aryl methyl sites for hydroxylation is 1. The predicted molar refractivity (Wildman–Crippen MR) is 72.5 cm³/mol. The number of thioether (sulfide) groups is 1. The van der Waals surface area contributed by atoms with Crippen LogP contribution >= 0.6 is 11.8 Å². The summed E-state index contributed by atoms with van der Waals surface area (Å²) >= 11 is 1.81. The summed E-state index contributed by atoms with van der Waals surface area (Å²) in [7, 11) is 1.43. The van der Waals surface area contributed by atoms with Crippen molar-refractivity contribution in [3.63, 3.8) is 0 Å². The lowest BCUT2D eigenvalue weighted by Crippen LogP contribution is -2.06. The first-order chi connectivity index (χ1) is 8.02. The average Bonchev–Trinajstić information content (AvgIpc) is 2.27. The molecule has 3 heteroatoms. The zero-order valence-electron chi connectivity index (χ0n) is 10.9. The Balaban J connectivity index is 2.83. The van der Waals surface area contributed by atoms with Gasteiger partial charge in [-0.05, 0) is 24.5 Å². The fourth-order valence-corrected chi connectivity index (χ4v) is 2.46. The molecule has 0 aliphatic heterocycles. The van der Waals surface area contributed by atoms with Gasteiger partial charge in [0.2, 0.25) is 0 Å². The Hall–Kier alpha value is -0.960. The molecule has 0 bridgehead atoms. The van der Waals surface area contributed by atoms with Gasteiger partial charge < -0.3 is 4.74 Å². The third-order valence-corrected chi connectivity index (χ3v) is 3.89. The van der Waals surface area contributed by atoms with Gasteiger partial charge >= 0.3 is 5.97 Å². The smallest absolute Gasteiger partial charge is 0.310 e. The van der Waals surface area contributed by atoms with Crippen LogP contribution in [0.5, 0.6) is 0 Å². The van der Waals surface area contributed by atoms with Crippen LogP contribution in [0.1, 0.15) is 25.0 Å². The van der Waals surface area contributed by atoms with Crippen molar-refractivity contribution >= 4 is 17.7 Å². The summed E-state index contributed by atoms with van der Waals surface area (Å²) in [5.41, 5.74) is 2.25. The molecule has 0 radical (unpaired) electrons. The summed E-state index contributed by atoms with van der Waals surface area (Å²) in [6, 6.07) is 6.25. The summed E-state index contributed by atoms with van der Waals surface area (Å²) in [4.78, 5) is 12.5. The van der Waals surface area contributed by atoms with Gasteiger partial charge in [-0.3, -0.25) is 4.79 Å². The molecule has 0 unspecified atom stereocenters. The van der Waals surface area contributed by atoms with Crippen molar-refractivity contribution < 1.29 is 9.53 Å². The molecule has 0 saturated carbocycles. The van der Waals surface area contributed by atoms with Crippen LogP contribution in [0.2, 0.25) is 0 Å². The Kier molecular flexibility index (Phi) is 5.56. The molecule has 0 heterocycles. The number of ether oxygens (including phenoxy) is 1. The van der Waals surface area contributed by atoms with Gasteiger partial charge in [0.15, 0.2) is 0 Å². The van der Waals surface area contributed by atoms with E-state index < -0.39 is 0 Å². The van der Waals surface area contributed by atoms with Crippen molar-refractivity contribution in [1.29, 1.82) is 0 Å². The van der Waals surface area contributed by atoms with Gasteiger partial charge in [0.1, 0.15) is 0 Å². The van der Waals surface area contributed by atoms with E-state index in [1.807, 2.05) is 18.7 Å². The van der Waals surface area contributed by atoms with Gasteiger partial charge in [-0.1, -0.05) is 31.5 Å². The standard InChI is InChI=1S/C14H20O2S/c1-10(2)9-17-13-6-5-11(3)7-12(13)8-14(15)16-4/h5-7,10H,8-9H2,1-4H3. The van der Waals surface area contributed by atoms with Crippen molar-refractivity contribution in [2.75, 3.05) is 12.9 Å². The van der Waals surface area contributed by atoms with Crippen molar-refractivity contribution in [3.05, 3.63) is 29.3 Å². The van der Waals surface area contributed by atoms with E-state index in [1.165, 1.54) is 17.6 Å². The second-order valence-electron chi connectivity index (χ2n) is 4.57. The molecule has 0 fully saturated rings. The third-order valence-electron chi connectivity index (χ3n) is 2.35. The SMILES string of the molecule is COC(=O)Cc1cc(C)ccc1SCC(C)C. The highest BCUT2D eigenvalue weighted by molar-refractivity contribution is 7.99. The molecule has 1 aromatic rings. The van der Waals surface area contributed by atoms with Crippen molar-refractivity contribution in [2.45, 2.75) is 32.1 Å². The van der Waals surface area contributed by atoms with Gasteiger partial charge in [-0.2, -0.15) is 0 Å². The molecule has 0 saturated heterocycles. The number of carbonyl (C=O) groups excluding carboxylic acids is 1. The maximum absolute atomic E-state index is 11.4. The first-order valence-electron chi connectivity index (χ1n) is 5.82. The van der Waals surface area contributed by atoms with E-state index in [0.717, 1.165) is 11.3 Å². The molecule has 0 spiro atoms. The van der Waals surface area contributed by atoms with Crippen LogP contribution < -0.4 is 0 Å². The highest BCUT2D eigenvalue weighted by Gasteiger charge is 2.09. The first kappa shape index (κ1) is 14.1. The maximum atomic E-state index is 11.4. The molecule has 0 aliphatic rings. The lowest BCUT2D eigenvalue weighted by atomic mass is 10.1. The minimum atomic E-state index is -0.179. The van der Waals surface area contributed by atoms with E-state index in [0.29, 0.717) is 12.3 Å². The van der Waals surface area contributed by atoms with E-state index in [2.05, 4.69) is 32.0 Å². The predicted octanol–water partition coefficient (Wildman–Crippen LogP) is 3.46. The molecule has 0 amide bonds. The quantitative estimate of drug-likeness (QED) is 0.593. The van der Waals surface area contributed by atoms with Crippen LogP contribution in [0, 0.1) is 12.8 Å². The van der Waals surface area contributed by atoms with E-state index in [1.54, 1.807) is 0 Å². The second-order valence-corrected chi connectivity index (χ2v) is 5.63. The number of hydrogen-bond donors (Lipinski definition) is 0. The number of benzene rings is 1. The van der Waals surface area contributed by atoms with Crippen LogP contribution in [0.3, 0.4) is 0 Å². The fourth-order valence-electron chi connectivity index (χ4n) is 1.47. The largest absolute Gasteiger partial charge is 0.469 e. The number of hydrogen-bond acceptors (Lipinski definition) is 3. The number of esters is 1. The van der Waals surface area contributed by atoms with E-state index in [-0.39, 0.29) is 5.97 Å². The Morgan fingerprint density at radius 3 is 2.71 bits per heavy atom. The van der Waals surface area contributed by atoms with E-state index >= 15 is 0 Å². The van der Waals surface area contributed by atoms with Gasteiger partial charge in [0, 0.05) is 10.6 Å². The molecule has 0 aliphatic carbocycles. The summed E-state index contributed by atoms with van der Waals surface area (Å²) < 4.78 is 4.73. The first-order valence-corrected chi connectivity index (χ1v) is 6.80. The monoisotopic (exact) mass is 252 g/mol. The summed E-state index contributed by atoms with van der Waals surface area (Å²) in [6.07, 6.45) is 0.360. The van der Waals surface area contributed by atoms with Gasteiger partial charge in [-0.15, -0.1) is 11.8 Å². The third kappa shape index (κ3) is 4.82. The zero-order valence-corrected chi connectivity index (χ0v) is 11.8. The fraction of sp³-hybridized carbons (Fsp3) is 0.500. The number of methoxy groups -OCH3 is 1. The molecule has 1 aromatic carbocycles. The zero-order chi connectivity index (χ0) is 12.8. The lowest BCUT2D eigenvalue weighted by molar-refractivity contribution is -0.139. The summed E-state index contributed by atoms with van der Waals surface area (Å²) in [5.74, 6) is 1.53. The molecule has 0 atom stereocenters. The van der Waals surface area contributed by atoms with Crippen molar-refractivity contribution in [2.24, 2.45) is 5.92 Å². The van der Waals surface area contributed by atoms with Crippen LogP contribution in [0.25, 0.3) is 0 Å². The van der Waals surface area contributed by atoms with Crippen LogP contribution in [0.4, 0.5) is 0 Å². The number of carbonyl (C=O) groups is 1. The van der Waals surface area contributed by atoms with Gasteiger partial charge in [-0.25, -0.2) is 0 Å². The Bertz CT molecular complexity index is 386. The second kappa shape index (κ2) is 6.70. The molecule has 1 rings (SSSR count). The minimum absolute atomic E-state index is 0.179. The topological polar surface area (TPSA) is 26.3 Å². The Morgan fingerprint density at radius 2 is 2.12 bits per heavy atom. The molecule has 17 heavy (non-hydrogen) atoms. The normalized spacial score (nSPS) is 10.6. The molecule has 94 valence electrons. The molecule has 0 N–H and O–H groups in total. The van der Waals surface area contributed by atoms with Gasteiger partial charge in [0.25, 0.3) is 0 Å². The van der Waals surface area contributed by atoms with Crippen LogP contribution in [-0.2, 0) is 16.0 Å². The van der Waals surface area contributed by atoms with E-state index in [4.69, 9.17) is 4.74 Å².